The number of thiazole rings is 1. The molecule has 2 heterocycles. The van der Waals surface area contributed by atoms with Gasteiger partial charge in [-0.15, -0.1) is 16.4 Å². The zero-order valence-electron chi connectivity index (χ0n) is 38.2. The molecule has 0 unspecified atom stereocenters. The second-order valence-electron chi connectivity index (χ2n) is 15.9. The van der Waals surface area contributed by atoms with E-state index in [1.165, 1.54) is 11.3 Å². The Kier molecular flexibility index (Phi) is 25.2. The van der Waals surface area contributed by atoms with Gasteiger partial charge < -0.3 is 44.9 Å². The van der Waals surface area contributed by atoms with Gasteiger partial charge >= 0.3 is 12.1 Å². The highest BCUT2D eigenvalue weighted by Gasteiger charge is 2.33. The van der Waals surface area contributed by atoms with Crippen molar-refractivity contribution in [3.05, 3.63) is 51.5 Å². The molecular formula is C44H67N7O13S. The first-order valence-electron chi connectivity index (χ1n) is 22.1. The summed E-state index contributed by atoms with van der Waals surface area (Å²) in [5.74, 6) is -3.34. The van der Waals surface area contributed by atoms with E-state index >= 15 is 0 Å². The standard InChI is InChI=1S/C44H67N7O13S/c1-6-17-62-36(27-34(45)29(2)3)43-48-35(28-65-43)42(57)47-33(26-32-12-10-30(4)11-13-32)25-31(5)41(56)49-50-44(58)63-24-23-61-22-21-60-20-19-59-18-16-46-37(52)8-7-9-40(55)64-51-38(53)14-15-39(51)54/h10-13,28-29,31,33-34,36H,6-9,14-27,45H2,1-5H3,(H,46,52)(H,47,57)(H,49,56)(H,50,58)/t31-,33+,34+,36+/m0/s1. The Balaban J connectivity index is 1.26. The fraction of sp³-hybridized carbons (Fsp3) is 0.636. The van der Waals surface area contributed by atoms with Crippen molar-refractivity contribution in [1.29, 1.82) is 0 Å². The van der Waals surface area contributed by atoms with Gasteiger partial charge in [-0.1, -0.05) is 57.5 Å². The lowest BCUT2D eigenvalue weighted by atomic mass is 9.95. The molecule has 1 fully saturated rings. The predicted octanol–water partition coefficient (Wildman–Crippen LogP) is 3.36. The summed E-state index contributed by atoms with van der Waals surface area (Å²) in [4.78, 5) is 94.9. The molecule has 6 amide bonds. The molecule has 0 aliphatic carbocycles. The maximum Gasteiger partial charge on any atom is 0.426 e. The predicted molar refractivity (Wildman–Crippen MR) is 238 cm³/mol. The highest BCUT2D eigenvalue weighted by atomic mass is 32.1. The summed E-state index contributed by atoms with van der Waals surface area (Å²) in [5, 5.41) is 8.61. The van der Waals surface area contributed by atoms with Crippen LogP contribution in [0.5, 0.6) is 0 Å². The number of benzene rings is 1. The normalized spacial score (nSPS) is 14.4. The lowest BCUT2D eigenvalue weighted by Crippen LogP contribution is -2.46. The van der Waals surface area contributed by atoms with Crippen molar-refractivity contribution >= 4 is 52.9 Å². The lowest BCUT2D eigenvalue weighted by molar-refractivity contribution is -0.197. The molecule has 0 radical (unpaired) electrons. The summed E-state index contributed by atoms with van der Waals surface area (Å²) in [6.45, 7) is 12.0. The summed E-state index contributed by atoms with van der Waals surface area (Å²) in [6.07, 6.45) is 1.13. The van der Waals surface area contributed by atoms with E-state index < -0.39 is 41.7 Å². The average Bonchev–Trinajstić information content (AvgIpc) is 3.89. The number of carbonyl (C=O) groups is 7. The number of aryl methyl sites for hydroxylation is 1. The van der Waals surface area contributed by atoms with Gasteiger partial charge in [0.25, 0.3) is 17.7 Å². The van der Waals surface area contributed by atoms with Crippen LogP contribution in [0.1, 0.15) is 112 Å². The molecule has 0 saturated carbocycles. The smallest absolute Gasteiger partial charge is 0.426 e. The number of ether oxygens (including phenoxy) is 5. The Morgan fingerprint density at radius 2 is 1.49 bits per heavy atom. The van der Waals surface area contributed by atoms with Gasteiger partial charge in [-0.25, -0.2) is 20.0 Å². The van der Waals surface area contributed by atoms with E-state index in [0.29, 0.717) is 29.5 Å². The van der Waals surface area contributed by atoms with Crippen LogP contribution >= 0.6 is 11.3 Å². The van der Waals surface area contributed by atoms with E-state index in [9.17, 15) is 33.6 Å². The lowest BCUT2D eigenvalue weighted by Gasteiger charge is -2.22. The van der Waals surface area contributed by atoms with Crippen LogP contribution in [0, 0.1) is 18.8 Å². The van der Waals surface area contributed by atoms with E-state index in [1.54, 1.807) is 12.3 Å². The van der Waals surface area contributed by atoms with Crippen LogP contribution in [0.4, 0.5) is 4.79 Å². The Labute approximate surface area is 384 Å². The third-order valence-electron chi connectivity index (χ3n) is 9.96. The molecule has 1 aromatic heterocycles. The first-order valence-corrected chi connectivity index (χ1v) is 23.0. The third kappa shape index (κ3) is 21.7. The van der Waals surface area contributed by atoms with E-state index in [2.05, 4.69) is 40.3 Å². The van der Waals surface area contributed by atoms with Crippen LogP contribution in [0.25, 0.3) is 0 Å². The van der Waals surface area contributed by atoms with Crippen LogP contribution in [-0.4, -0.2) is 123 Å². The van der Waals surface area contributed by atoms with Gasteiger partial charge in [0.05, 0.1) is 39.6 Å². The van der Waals surface area contributed by atoms with Crippen molar-refractivity contribution in [2.45, 2.75) is 111 Å². The summed E-state index contributed by atoms with van der Waals surface area (Å²) in [5.41, 5.74) is 13.3. The Morgan fingerprint density at radius 3 is 2.14 bits per heavy atom. The van der Waals surface area contributed by atoms with Gasteiger partial charge in [0.15, 0.2) is 0 Å². The number of nitrogens with one attached hydrogen (secondary N) is 4. The molecule has 1 aromatic carbocycles. The third-order valence-corrected chi connectivity index (χ3v) is 10.9. The first-order chi connectivity index (χ1) is 31.2. The maximum atomic E-state index is 13.5. The first kappa shape index (κ1) is 54.3. The van der Waals surface area contributed by atoms with E-state index in [1.807, 2.05) is 38.1 Å². The zero-order chi connectivity index (χ0) is 47.6. The molecule has 1 saturated heterocycles. The van der Waals surface area contributed by atoms with Gasteiger partial charge in [-0.05, 0) is 50.5 Å². The minimum absolute atomic E-state index is 0.0118. The van der Waals surface area contributed by atoms with Crippen molar-refractivity contribution in [1.82, 2.24) is 31.5 Å². The van der Waals surface area contributed by atoms with E-state index in [0.717, 1.165) is 17.5 Å². The molecule has 0 bridgehead atoms. The molecule has 4 atom stereocenters. The topological polar surface area (TPSA) is 265 Å². The van der Waals surface area contributed by atoms with Crippen molar-refractivity contribution in [2.75, 3.05) is 59.4 Å². The quantitative estimate of drug-likeness (QED) is 0.0412. The number of rotatable bonds is 31. The summed E-state index contributed by atoms with van der Waals surface area (Å²) in [6, 6.07) is 7.42. The van der Waals surface area contributed by atoms with Gasteiger partial charge in [-0.2, -0.15) is 0 Å². The molecule has 362 valence electrons. The number of hydrogen-bond donors (Lipinski definition) is 5. The number of hydrazine groups is 1. The molecule has 65 heavy (non-hydrogen) atoms. The number of hydroxylamine groups is 2. The highest BCUT2D eigenvalue weighted by molar-refractivity contribution is 7.09. The highest BCUT2D eigenvalue weighted by Crippen LogP contribution is 2.28. The largest absolute Gasteiger partial charge is 0.446 e. The second kappa shape index (κ2) is 30.2. The van der Waals surface area contributed by atoms with Crippen LogP contribution in [0.3, 0.4) is 0 Å². The Morgan fingerprint density at radius 1 is 0.846 bits per heavy atom. The van der Waals surface area contributed by atoms with Gasteiger partial charge in [-0.3, -0.25) is 29.4 Å². The van der Waals surface area contributed by atoms with Crippen LogP contribution in [0.15, 0.2) is 29.6 Å². The van der Waals surface area contributed by atoms with Crippen molar-refractivity contribution in [2.24, 2.45) is 17.6 Å². The summed E-state index contributed by atoms with van der Waals surface area (Å²) >= 11 is 1.36. The summed E-state index contributed by atoms with van der Waals surface area (Å²) in [7, 11) is 0. The molecule has 1 aliphatic heterocycles. The van der Waals surface area contributed by atoms with E-state index in [-0.39, 0.29) is 127 Å². The molecule has 6 N–H and O–H groups in total. The average molecular weight is 934 g/mol. The zero-order valence-corrected chi connectivity index (χ0v) is 39.0. The Hall–Kier alpha value is -5.06. The number of amides is 6. The molecular weight excluding hydrogens is 867 g/mol. The number of aromatic nitrogens is 1. The monoisotopic (exact) mass is 933 g/mol. The SMILES string of the molecule is CCCO[C@H](C[C@@H](N)C(C)C)c1nc(C(=O)N[C@@H](Cc2ccc(C)cc2)C[C@H](C)C(=O)NNC(=O)OCCOCCOCCOCCNC(=O)CCCC(=O)ON2C(=O)CCC2=O)cs1. The van der Waals surface area contributed by atoms with Crippen molar-refractivity contribution in [3.63, 3.8) is 0 Å². The van der Waals surface area contributed by atoms with E-state index in [4.69, 9.17) is 34.3 Å². The number of carbonyl (C=O) groups excluding carboxylic acids is 7. The number of imide groups is 1. The van der Waals surface area contributed by atoms with Gasteiger partial charge in [0.2, 0.25) is 11.8 Å². The fourth-order valence-corrected chi connectivity index (χ4v) is 6.97. The minimum Gasteiger partial charge on any atom is -0.446 e. The number of hydrogen-bond acceptors (Lipinski definition) is 16. The van der Waals surface area contributed by atoms with Crippen LogP contribution < -0.4 is 27.2 Å². The Bertz CT molecular complexity index is 1800. The fourth-order valence-electron chi connectivity index (χ4n) is 6.11. The second-order valence-corrected chi connectivity index (χ2v) is 16.8. The maximum absolute atomic E-state index is 13.5. The van der Waals surface area contributed by atoms with Gasteiger partial charge in [0.1, 0.15) is 23.4 Å². The van der Waals surface area contributed by atoms with Crippen molar-refractivity contribution in [3.8, 4) is 0 Å². The number of nitrogens with two attached hydrogens (primary N) is 1. The molecule has 21 heteroatoms. The molecule has 3 rings (SSSR count). The van der Waals surface area contributed by atoms with Crippen LogP contribution in [-0.2, 0) is 58.9 Å². The molecule has 2 aromatic rings. The molecule has 1 aliphatic rings. The van der Waals surface area contributed by atoms with Gasteiger partial charge in [0, 0.05) is 62.2 Å². The van der Waals surface area contributed by atoms with Crippen LogP contribution in [0.2, 0.25) is 0 Å². The number of nitrogens with zero attached hydrogens (tertiary/aromatic N) is 2. The molecule has 20 nitrogen and oxygen atoms in total. The minimum atomic E-state index is -0.867. The summed E-state index contributed by atoms with van der Waals surface area (Å²) < 4.78 is 27.4. The van der Waals surface area contributed by atoms with Crippen molar-refractivity contribution < 1.29 is 62.1 Å². The molecule has 0 spiro atoms.